The van der Waals surface area contributed by atoms with Gasteiger partial charge in [0, 0.05) is 25.5 Å². The van der Waals surface area contributed by atoms with Gasteiger partial charge in [0.15, 0.2) is 11.5 Å². The number of hydrogen-bond donors (Lipinski definition) is 1. The highest BCUT2D eigenvalue weighted by Gasteiger charge is 2.18. The highest BCUT2D eigenvalue weighted by Crippen LogP contribution is 2.30. The maximum Gasteiger partial charge on any atom is 0.166 e. The zero-order valence-electron chi connectivity index (χ0n) is 14.6. The van der Waals surface area contributed by atoms with Crippen molar-refractivity contribution in [3.05, 3.63) is 66.7 Å². The maximum absolute atomic E-state index is 6.12. The van der Waals surface area contributed by atoms with E-state index >= 15 is 0 Å². The van der Waals surface area contributed by atoms with E-state index in [9.17, 15) is 0 Å². The molecule has 0 aliphatic carbocycles. The van der Waals surface area contributed by atoms with Crippen LogP contribution >= 0.6 is 0 Å². The lowest BCUT2D eigenvalue weighted by atomic mass is 10.1. The Bertz CT molecular complexity index is 1040. The average molecular weight is 345 g/mol. The van der Waals surface area contributed by atoms with Gasteiger partial charge in [-0.2, -0.15) is 0 Å². The van der Waals surface area contributed by atoms with Crippen LogP contribution in [0, 0.1) is 0 Å². The summed E-state index contributed by atoms with van der Waals surface area (Å²) < 4.78 is 1.66. The molecule has 4 rings (SSSR count). The highest BCUT2D eigenvalue weighted by atomic mass is 15.3. The molecule has 0 amide bonds. The first-order chi connectivity index (χ1) is 12.6. The molecule has 0 saturated heterocycles. The predicted octanol–water partition coefficient (Wildman–Crippen LogP) is 2.97. The minimum atomic E-state index is 0.165. The zero-order valence-corrected chi connectivity index (χ0v) is 14.6. The third kappa shape index (κ3) is 2.73. The van der Waals surface area contributed by atoms with Crippen LogP contribution in [0.2, 0.25) is 0 Å². The van der Waals surface area contributed by atoms with Crippen molar-refractivity contribution in [3.63, 3.8) is 0 Å². The normalized spacial score (nSPS) is 12.2. The monoisotopic (exact) mass is 345 g/mol. The summed E-state index contributed by atoms with van der Waals surface area (Å²) in [7, 11) is 2.02. The lowest BCUT2D eigenvalue weighted by molar-refractivity contribution is 0.727. The topological polar surface area (TPSA) is 85.2 Å². The molecule has 26 heavy (non-hydrogen) atoms. The fourth-order valence-corrected chi connectivity index (χ4v) is 2.98. The van der Waals surface area contributed by atoms with E-state index in [0.29, 0.717) is 17.2 Å². The van der Waals surface area contributed by atoms with Crippen LogP contribution in [0.5, 0.6) is 0 Å². The number of benzene rings is 1. The SMILES string of the molecule is C[C@H](c1ccccc1)N(C)c1cc(-c2c(N)nn3cccnc23)ncn1. The molecule has 2 N–H and O–H groups in total. The third-order valence-corrected chi connectivity index (χ3v) is 4.56. The number of nitrogens with zero attached hydrogens (tertiary/aromatic N) is 6. The van der Waals surface area contributed by atoms with Gasteiger partial charge < -0.3 is 10.6 Å². The van der Waals surface area contributed by atoms with Gasteiger partial charge in [0.25, 0.3) is 0 Å². The van der Waals surface area contributed by atoms with Gasteiger partial charge in [0.1, 0.15) is 12.1 Å². The lowest BCUT2D eigenvalue weighted by Gasteiger charge is -2.26. The Balaban J connectivity index is 1.74. The smallest absolute Gasteiger partial charge is 0.166 e. The van der Waals surface area contributed by atoms with Crippen molar-refractivity contribution in [2.24, 2.45) is 0 Å². The summed E-state index contributed by atoms with van der Waals surface area (Å²) in [5, 5.41) is 4.30. The molecule has 3 aromatic heterocycles. The average Bonchev–Trinajstić information content (AvgIpc) is 3.03. The molecule has 4 aromatic rings. The van der Waals surface area contributed by atoms with Gasteiger partial charge in [-0.25, -0.2) is 19.5 Å². The Morgan fingerprint density at radius 2 is 1.88 bits per heavy atom. The molecule has 0 radical (unpaired) electrons. The molecule has 0 bridgehead atoms. The highest BCUT2D eigenvalue weighted by molar-refractivity contribution is 5.84. The fraction of sp³-hybridized carbons (Fsp3) is 0.158. The standard InChI is InChI=1S/C19H19N7/c1-13(14-7-4-3-5-8-14)25(2)16-11-15(22-12-23-16)17-18(20)24-26-10-6-9-21-19(17)26/h3-13H,1-2H3,(H2,20,24)/t13-/m1/s1. The van der Waals surface area contributed by atoms with Gasteiger partial charge in [0.05, 0.1) is 17.3 Å². The molecule has 1 atom stereocenters. The molecule has 7 heteroatoms. The van der Waals surface area contributed by atoms with Crippen LogP contribution in [0.25, 0.3) is 16.9 Å². The second-order valence-corrected chi connectivity index (χ2v) is 6.11. The molecule has 7 nitrogen and oxygen atoms in total. The molecule has 130 valence electrons. The first-order valence-corrected chi connectivity index (χ1v) is 8.34. The van der Waals surface area contributed by atoms with Gasteiger partial charge in [-0.05, 0) is 18.6 Å². The zero-order chi connectivity index (χ0) is 18.1. The van der Waals surface area contributed by atoms with E-state index < -0.39 is 0 Å². The molecule has 3 heterocycles. The van der Waals surface area contributed by atoms with E-state index in [1.54, 1.807) is 17.0 Å². The van der Waals surface area contributed by atoms with Crippen LogP contribution in [-0.2, 0) is 0 Å². The van der Waals surface area contributed by atoms with Crippen molar-refractivity contribution in [2.45, 2.75) is 13.0 Å². The van der Waals surface area contributed by atoms with E-state index in [-0.39, 0.29) is 6.04 Å². The van der Waals surface area contributed by atoms with Crippen LogP contribution in [0.3, 0.4) is 0 Å². The van der Waals surface area contributed by atoms with Gasteiger partial charge in [-0.1, -0.05) is 30.3 Å². The van der Waals surface area contributed by atoms with Crippen molar-refractivity contribution in [2.75, 3.05) is 17.7 Å². The Hall–Kier alpha value is -3.48. The summed E-state index contributed by atoms with van der Waals surface area (Å²) >= 11 is 0. The summed E-state index contributed by atoms with van der Waals surface area (Å²) in [5.41, 5.74) is 9.43. The van der Waals surface area contributed by atoms with Crippen LogP contribution < -0.4 is 10.6 Å². The van der Waals surface area contributed by atoms with E-state index in [1.807, 2.05) is 43.6 Å². The molecular weight excluding hydrogens is 326 g/mol. The lowest BCUT2D eigenvalue weighted by Crippen LogP contribution is -2.22. The molecule has 0 saturated carbocycles. The molecule has 0 fully saturated rings. The van der Waals surface area contributed by atoms with Crippen molar-refractivity contribution in [1.82, 2.24) is 24.6 Å². The molecule has 0 unspecified atom stereocenters. The van der Waals surface area contributed by atoms with Crippen molar-refractivity contribution >= 4 is 17.3 Å². The fourth-order valence-electron chi connectivity index (χ4n) is 2.98. The minimum absolute atomic E-state index is 0.165. The number of anilines is 2. The predicted molar refractivity (Wildman–Crippen MR) is 102 cm³/mol. The Morgan fingerprint density at radius 3 is 2.69 bits per heavy atom. The van der Waals surface area contributed by atoms with Gasteiger partial charge in [-0.3, -0.25) is 0 Å². The minimum Gasteiger partial charge on any atom is -0.382 e. The molecular formula is C19H19N7. The number of nitrogens with two attached hydrogens (primary N) is 1. The molecule has 0 aliphatic rings. The summed E-state index contributed by atoms with van der Waals surface area (Å²) in [6.07, 6.45) is 5.07. The van der Waals surface area contributed by atoms with Crippen LogP contribution in [0.15, 0.2) is 61.2 Å². The number of nitrogen functional groups attached to an aromatic ring is 1. The first-order valence-electron chi connectivity index (χ1n) is 8.34. The van der Waals surface area contributed by atoms with Gasteiger partial charge >= 0.3 is 0 Å². The van der Waals surface area contributed by atoms with E-state index in [1.165, 1.54) is 5.56 Å². The summed E-state index contributed by atoms with van der Waals surface area (Å²) in [4.78, 5) is 15.3. The van der Waals surface area contributed by atoms with Crippen LogP contribution in [0.1, 0.15) is 18.5 Å². The van der Waals surface area contributed by atoms with Crippen LogP contribution in [0.4, 0.5) is 11.6 Å². The number of hydrogen-bond acceptors (Lipinski definition) is 6. The summed E-state index contributed by atoms with van der Waals surface area (Å²) in [6.45, 7) is 2.14. The maximum atomic E-state index is 6.12. The van der Waals surface area contributed by atoms with E-state index in [4.69, 9.17) is 5.73 Å². The second kappa shape index (κ2) is 6.44. The van der Waals surface area contributed by atoms with Gasteiger partial charge in [-0.15, -0.1) is 5.10 Å². The molecule has 1 aromatic carbocycles. The van der Waals surface area contributed by atoms with Crippen molar-refractivity contribution in [1.29, 1.82) is 0 Å². The quantitative estimate of drug-likeness (QED) is 0.612. The molecule has 0 spiro atoms. The number of rotatable bonds is 4. The Labute approximate surface area is 151 Å². The number of aromatic nitrogens is 5. The first kappa shape index (κ1) is 16.0. The third-order valence-electron chi connectivity index (χ3n) is 4.56. The van der Waals surface area contributed by atoms with Crippen LogP contribution in [-0.4, -0.2) is 31.6 Å². The van der Waals surface area contributed by atoms with E-state index in [0.717, 1.165) is 11.4 Å². The number of fused-ring (bicyclic) bond motifs is 1. The second-order valence-electron chi connectivity index (χ2n) is 6.11. The largest absolute Gasteiger partial charge is 0.382 e. The van der Waals surface area contributed by atoms with E-state index in [2.05, 4.69) is 44.0 Å². The molecule has 0 aliphatic heterocycles. The summed E-state index contributed by atoms with van der Waals surface area (Å²) in [5.74, 6) is 1.20. The Kier molecular flexibility index (Phi) is 3.96. The van der Waals surface area contributed by atoms with Crippen molar-refractivity contribution in [3.8, 4) is 11.3 Å². The Morgan fingerprint density at radius 1 is 1.08 bits per heavy atom. The van der Waals surface area contributed by atoms with Gasteiger partial charge in [0.2, 0.25) is 0 Å². The summed E-state index contributed by atoms with van der Waals surface area (Å²) in [6, 6.07) is 14.2. The van der Waals surface area contributed by atoms with Crippen molar-refractivity contribution < 1.29 is 0 Å².